The topological polar surface area (TPSA) is 64.1 Å². The van der Waals surface area contributed by atoms with Gasteiger partial charge in [0.05, 0.1) is 19.2 Å². The summed E-state index contributed by atoms with van der Waals surface area (Å²) in [6.45, 7) is 1.94. The summed E-state index contributed by atoms with van der Waals surface area (Å²) in [5, 5.41) is 5.36. The lowest BCUT2D eigenvalue weighted by Crippen LogP contribution is -2.14. The van der Waals surface area contributed by atoms with E-state index in [-0.39, 0.29) is 12.3 Å². The fraction of sp³-hybridized carbons (Fsp3) is 0.167. The van der Waals surface area contributed by atoms with Gasteiger partial charge in [0.15, 0.2) is 5.13 Å². The number of nitrogens with zero attached hydrogens (tertiary/aromatic N) is 2. The molecule has 1 N–H and O–H groups in total. The summed E-state index contributed by atoms with van der Waals surface area (Å²) in [6.07, 6.45) is 2.03. The monoisotopic (exact) mass is 339 g/mol. The van der Waals surface area contributed by atoms with Gasteiger partial charge in [0, 0.05) is 22.8 Å². The van der Waals surface area contributed by atoms with Crippen molar-refractivity contribution in [3.63, 3.8) is 0 Å². The Bertz CT molecular complexity index is 861. The van der Waals surface area contributed by atoms with Crippen molar-refractivity contribution in [2.75, 3.05) is 12.4 Å². The molecule has 0 atom stereocenters. The van der Waals surface area contributed by atoms with Crippen LogP contribution < -0.4 is 10.1 Å². The molecule has 1 aromatic carbocycles. The van der Waals surface area contributed by atoms with Crippen LogP contribution in [0.4, 0.5) is 5.13 Å². The maximum absolute atomic E-state index is 12.2. The van der Waals surface area contributed by atoms with E-state index in [4.69, 9.17) is 4.74 Å². The van der Waals surface area contributed by atoms with Gasteiger partial charge >= 0.3 is 0 Å². The van der Waals surface area contributed by atoms with Crippen molar-refractivity contribution in [1.29, 1.82) is 0 Å². The minimum atomic E-state index is -0.102. The molecule has 0 fully saturated rings. The second-order valence-electron chi connectivity index (χ2n) is 5.30. The van der Waals surface area contributed by atoms with Crippen LogP contribution in [0.1, 0.15) is 11.3 Å². The molecule has 122 valence electrons. The zero-order valence-electron chi connectivity index (χ0n) is 13.4. The molecule has 0 bridgehead atoms. The number of pyridine rings is 1. The van der Waals surface area contributed by atoms with Crippen molar-refractivity contribution < 1.29 is 9.53 Å². The van der Waals surface area contributed by atoms with Gasteiger partial charge in [-0.15, -0.1) is 11.3 Å². The predicted molar refractivity (Wildman–Crippen MR) is 95.4 cm³/mol. The molecule has 0 aliphatic heterocycles. The third-order valence-corrected chi connectivity index (χ3v) is 4.20. The van der Waals surface area contributed by atoms with E-state index in [0.717, 1.165) is 28.3 Å². The molecular weight excluding hydrogens is 322 g/mol. The molecule has 2 heterocycles. The van der Waals surface area contributed by atoms with E-state index in [1.54, 1.807) is 13.3 Å². The Balaban J connectivity index is 1.67. The number of anilines is 1. The first kappa shape index (κ1) is 16.1. The number of methoxy groups -OCH3 is 1. The lowest BCUT2D eigenvalue weighted by molar-refractivity contribution is -0.115. The zero-order valence-corrected chi connectivity index (χ0v) is 14.3. The van der Waals surface area contributed by atoms with Crippen LogP contribution in [-0.2, 0) is 11.2 Å². The second kappa shape index (κ2) is 7.23. The van der Waals surface area contributed by atoms with Crippen molar-refractivity contribution >= 4 is 22.4 Å². The summed E-state index contributed by atoms with van der Waals surface area (Å²) >= 11 is 1.41. The molecule has 0 radical (unpaired) electrons. The van der Waals surface area contributed by atoms with Crippen LogP contribution in [0.3, 0.4) is 0 Å². The van der Waals surface area contributed by atoms with E-state index < -0.39 is 0 Å². The van der Waals surface area contributed by atoms with E-state index in [1.165, 1.54) is 11.3 Å². The summed E-state index contributed by atoms with van der Waals surface area (Å²) in [5.74, 6) is 0.639. The van der Waals surface area contributed by atoms with Gasteiger partial charge in [-0.2, -0.15) is 0 Å². The van der Waals surface area contributed by atoms with Gasteiger partial charge in [0.25, 0.3) is 0 Å². The van der Waals surface area contributed by atoms with Crippen molar-refractivity contribution in [1.82, 2.24) is 9.97 Å². The van der Waals surface area contributed by atoms with E-state index in [1.807, 2.05) is 48.7 Å². The number of nitrogens with one attached hydrogen (secondary N) is 1. The van der Waals surface area contributed by atoms with Crippen molar-refractivity contribution in [2.45, 2.75) is 13.3 Å². The normalized spacial score (nSPS) is 10.4. The highest BCUT2D eigenvalue weighted by molar-refractivity contribution is 7.14. The molecular formula is C18H17N3O2S. The van der Waals surface area contributed by atoms with Crippen LogP contribution in [-0.4, -0.2) is 23.0 Å². The summed E-state index contributed by atoms with van der Waals surface area (Å²) in [5.41, 5.74) is 3.66. The summed E-state index contributed by atoms with van der Waals surface area (Å²) < 4.78 is 5.17. The molecule has 0 spiro atoms. The SMILES string of the molecule is COc1cccc(CC(=O)Nc2nc(-c3ccnc(C)c3)cs2)c1. The number of amides is 1. The number of hydrogen-bond donors (Lipinski definition) is 1. The zero-order chi connectivity index (χ0) is 16.9. The van der Waals surface area contributed by atoms with Crippen LogP contribution in [0.25, 0.3) is 11.3 Å². The average molecular weight is 339 g/mol. The van der Waals surface area contributed by atoms with Gasteiger partial charge in [-0.25, -0.2) is 4.98 Å². The van der Waals surface area contributed by atoms with E-state index in [0.29, 0.717) is 5.13 Å². The number of thiazole rings is 1. The molecule has 0 saturated heterocycles. The number of carbonyl (C=O) groups excluding carboxylic acids is 1. The molecule has 0 unspecified atom stereocenters. The fourth-order valence-electron chi connectivity index (χ4n) is 2.30. The minimum absolute atomic E-state index is 0.102. The standard InChI is InChI=1S/C18H17N3O2S/c1-12-8-14(6-7-19-12)16-11-24-18(20-16)21-17(22)10-13-4-3-5-15(9-13)23-2/h3-9,11H,10H2,1-2H3,(H,20,21,22). The Morgan fingerprint density at radius 2 is 2.17 bits per heavy atom. The maximum atomic E-state index is 12.2. The number of benzene rings is 1. The molecule has 5 nitrogen and oxygen atoms in total. The van der Waals surface area contributed by atoms with Crippen LogP contribution in [0.5, 0.6) is 5.75 Å². The summed E-state index contributed by atoms with van der Waals surface area (Å²) in [7, 11) is 1.61. The third-order valence-electron chi connectivity index (χ3n) is 3.44. The summed E-state index contributed by atoms with van der Waals surface area (Å²) in [6, 6.07) is 11.3. The molecule has 0 aliphatic carbocycles. The number of carbonyl (C=O) groups is 1. The van der Waals surface area contributed by atoms with E-state index in [2.05, 4.69) is 15.3 Å². The van der Waals surface area contributed by atoms with Crippen LogP contribution >= 0.6 is 11.3 Å². The molecule has 1 amide bonds. The number of hydrogen-bond acceptors (Lipinski definition) is 5. The molecule has 6 heteroatoms. The molecule has 0 aliphatic rings. The molecule has 2 aromatic heterocycles. The Hall–Kier alpha value is -2.73. The molecule has 0 saturated carbocycles. The molecule has 3 rings (SSSR count). The van der Waals surface area contributed by atoms with E-state index in [9.17, 15) is 4.79 Å². The molecule has 3 aromatic rings. The Kier molecular flexibility index (Phi) is 4.86. The highest BCUT2D eigenvalue weighted by atomic mass is 32.1. The fourth-order valence-corrected chi connectivity index (χ4v) is 3.04. The minimum Gasteiger partial charge on any atom is -0.497 e. The van der Waals surface area contributed by atoms with Crippen LogP contribution in [0.15, 0.2) is 48.0 Å². The lowest BCUT2D eigenvalue weighted by Gasteiger charge is -2.04. The largest absolute Gasteiger partial charge is 0.497 e. The highest BCUT2D eigenvalue weighted by Crippen LogP contribution is 2.25. The lowest BCUT2D eigenvalue weighted by atomic mass is 10.1. The quantitative estimate of drug-likeness (QED) is 0.770. The highest BCUT2D eigenvalue weighted by Gasteiger charge is 2.09. The van der Waals surface area contributed by atoms with Crippen molar-refractivity contribution in [3.05, 3.63) is 59.2 Å². The van der Waals surface area contributed by atoms with Crippen LogP contribution in [0.2, 0.25) is 0 Å². The first-order valence-electron chi connectivity index (χ1n) is 7.45. The number of aromatic nitrogens is 2. The third kappa shape index (κ3) is 3.97. The van der Waals surface area contributed by atoms with Gasteiger partial charge in [-0.05, 0) is 36.8 Å². The van der Waals surface area contributed by atoms with Gasteiger partial charge in [0.1, 0.15) is 5.75 Å². The average Bonchev–Trinajstić information content (AvgIpc) is 3.03. The first-order valence-corrected chi connectivity index (χ1v) is 8.33. The van der Waals surface area contributed by atoms with Crippen molar-refractivity contribution in [3.8, 4) is 17.0 Å². The Labute approximate surface area is 144 Å². The van der Waals surface area contributed by atoms with Gasteiger partial charge < -0.3 is 10.1 Å². The second-order valence-corrected chi connectivity index (χ2v) is 6.16. The number of rotatable bonds is 5. The van der Waals surface area contributed by atoms with Crippen LogP contribution in [0, 0.1) is 6.92 Å². The van der Waals surface area contributed by atoms with Gasteiger partial charge in [0.2, 0.25) is 5.91 Å². The van der Waals surface area contributed by atoms with E-state index >= 15 is 0 Å². The van der Waals surface area contributed by atoms with Crippen molar-refractivity contribution in [2.24, 2.45) is 0 Å². The van der Waals surface area contributed by atoms with Gasteiger partial charge in [-0.1, -0.05) is 12.1 Å². The summed E-state index contributed by atoms with van der Waals surface area (Å²) in [4.78, 5) is 20.8. The smallest absolute Gasteiger partial charge is 0.230 e. The maximum Gasteiger partial charge on any atom is 0.230 e. The first-order chi connectivity index (χ1) is 11.6. The molecule has 24 heavy (non-hydrogen) atoms. The van der Waals surface area contributed by atoms with Gasteiger partial charge in [-0.3, -0.25) is 9.78 Å². The Morgan fingerprint density at radius 1 is 1.29 bits per heavy atom. The predicted octanol–water partition coefficient (Wildman–Crippen LogP) is 3.70. The number of ether oxygens (including phenoxy) is 1. The Morgan fingerprint density at radius 3 is 2.96 bits per heavy atom. The number of aryl methyl sites for hydroxylation is 1.